The Hall–Kier alpha value is -4.22. The zero-order chi connectivity index (χ0) is 27.7. The number of hydroxylamine groups is 2. The van der Waals surface area contributed by atoms with Crippen molar-refractivity contribution in [2.75, 3.05) is 42.6 Å². The van der Waals surface area contributed by atoms with Gasteiger partial charge in [0.1, 0.15) is 11.9 Å². The summed E-state index contributed by atoms with van der Waals surface area (Å²) in [5.74, 6) is -2.06. The molecule has 0 unspecified atom stereocenters. The minimum absolute atomic E-state index is 0.0298. The highest BCUT2D eigenvalue weighted by Gasteiger charge is 2.34. The quantitative estimate of drug-likeness (QED) is 0.532. The highest BCUT2D eigenvalue weighted by molar-refractivity contribution is 5.93. The van der Waals surface area contributed by atoms with Gasteiger partial charge in [-0.3, -0.25) is 19.3 Å². The van der Waals surface area contributed by atoms with Gasteiger partial charge >= 0.3 is 12.2 Å². The molecule has 2 aliphatic rings. The van der Waals surface area contributed by atoms with Crippen LogP contribution < -0.4 is 9.80 Å². The van der Waals surface area contributed by atoms with Crippen LogP contribution in [0.25, 0.3) is 0 Å². The molecule has 202 valence electrons. The summed E-state index contributed by atoms with van der Waals surface area (Å²) >= 11 is 0. The van der Waals surface area contributed by atoms with Crippen LogP contribution in [0.4, 0.5) is 29.3 Å². The molecule has 2 saturated heterocycles. The zero-order valence-electron chi connectivity index (χ0n) is 20.1. The lowest BCUT2D eigenvalue weighted by atomic mass is 10.1. The SMILES string of the molecule is O=C(CC[C@H]1CN(c2ccc(N3CCON(C(=O)c4ccccc4)CC3)c(F)c2)C(=O)O1)C(F)F.O=C=O. The molecule has 0 aliphatic carbocycles. The number of Topliss-reactive ketones (excluding diaryl/α,β-unsaturated/α-hetero) is 1. The summed E-state index contributed by atoms with van der Waals surface area (Å²) in [5, 5.41) is 1.26. The molecule has 2 aromatic carbocycles. The predicted octanol–water partition coefficient (Wildman–Crippen LogP) is 3.08. The van der Waals surface area contributed by atoms with Crippen LogP contribution in [0.15, 0.2) is 48.5 Å². The highest BCUT2D eigenvalue weighted by atomic mass is 19.3. The number of ketones is 1. The van der Waals surface area contributed by atoms with Gasteiger partial charge in [0.15, 0.2) is 5.78 Å². The van der Waals surface area contributed by atoms with E-state index in [0.29, 0.717) is 18.7 Å². The molecule has 2 amide bonds. The number of anilines is 2. The summed E-state index contributed by atoms with van der Waals surface area (Å²) in [7, 11) is 0. The Morgan fingerprint density at radius 3 is 2.42 bits per heavy atom. The van der Waals surface area contributed by atoms with E-state index in [2.05, 4.69) is 0 Å². The van der Waals surface area contributed by atoms with Crippen LogP contribution in [0.1, 0.15) is 23.2 Å². The second-order valence-corrected chi connectivity index (χ2v) is 8.23. The van der Waals surface area contributed by atoms with Crippen LogP contribution in [0.5, 0.6) is 0 Å². The molecule has 10 nitrogen and oxygen atoms in total. The first kappa shape index (κ1) is 28.4. The molecule has 4 rings (SSSR count). The van der Waals surface area contributed by atoms with Gasteiger partial charge in [0.25, 0.3) is 12.3 Å². The van der Waals surface area contributed by atoms with E-state index < -0.39 is 36.6 Å². The Kier molecular flexibility index (Phi) is 9.97. The van der Waals surface area contributed by atoms with Gasteiger partial charge in [0, 0.05) is 25.1 Å². The van der Waals surface area contributed by atoms with Gasteiger partial charge < -0.3 is 9.64 Å². The van der Waals surface area contributed by atoms with Crippen molar-refractivity contribution in [2.24, 2.45) is 0 Å². The third-order valence-corrected chi connectivity index (χ3v) is 5.84. The van der Waals surface area contributed by atoms with E-state index in [1.54, 1.807) is 35.2 Å². The maximum Gasteiger partial charge on any atom is 0.414 e. The normalized spacial score (nSPS) is 17.3. The molecule has 0 N–H and O–H groups in total. The number of alkyl halides is 2. The van der Waals surface area contributed by atoms with E-state index in [-0.39, 0.29) is 49.6 Å². The average Bonchev–Trinajstić information content (AvgIpc) is 3.11. The van der Waals surface area contributed by atoms with Crippen molar-refractivity contribution in [3.63, 3.8) is 0 Å². The van der Waals surface area contributed by atoms with Crippen LogP contribution in [0.2, 0.25) is 0 Å². The third-order valence-electron chi connectivity index (χ3n) is 5.84. The van der Waals surface area contributed by atoms with Crippen LogP contribution in [-0.2, 0) is 24.0 Å². The van der Waals surface area contributed by atoms with Gasteiger partial charge in [0.2, 0.25) is 0 Å². The molecule has 38 heavy (non-hydrogen) atoms. The lowest BCUT2D eigenvalue weighted by molar-refractivity contribution is -0.191. The first-order valence-corrected chi connectivity index (χ1v) is 11.6. The van der Waals surface area contributed by atoms with Gasteiger partial charge in [-0.05, 0) is 36.8 Å². The molecule has 13 heteroatoms. The Morgan fingerprint density at radius 2 is 1.76 bits per heavy atom. The zero-order valence-corrected chi connectivity index (χ0v) is 20.1. The number of hydrogen-bond donors (Lipinski definition) is 0. The molecule has 0 saturated carbocycles. The summed E-state index contributed by atoms with van der Waals surface area (Å²) in [5.41, 5.74) is 1.04. The fourth-order valence-electron chi connectivity index (χ4n) is 3.99. The number of nitrogens with zero attached hydrogens (tertiary/aromatic N) is 3. The second-order valence-electron chi connectivity index (χ2n) is 8.23. The summed E-state index contributed by atoms with van der Waals surface area (Å²) in [4.78, 5) is 60.7. The van der Waals surface area contributed by atoms with E-state index in [1.165, 1.54) is 22.1 Å². The van der Waals surface area contributed by atoms with Gasteiger partial charge in [-0.15, -0.1) is 0 Å². The standard InChI is InChI=1S/C24H24F3N3O5.CO2/c25-19-14-17(29-15-18(35-24(29)33)7-9-21(31)22(26)27)6-8-20(19)28-10-11-30(34-13-12-28)23(32)16-4-2-1-3-5-16;2-1-3/h1-6,8,14,18,22H,7,9-13,15H2;/t18-;/m0./s1. The number of halogens is 3. The first-order chi connectivity index (χ1) is 18.2. The molecule has 2 aromatic rings. The maximum atomic E-state index is 15.0. The van der Waals surface area contributed by atoms with Crippen molar-refractivity contribution in [3.05, 3.63) is 59.9 Å². The summed E-state index contributed by atoms with van der Waals surface area (Å²) in [6.07, 6.45) is -4.71. The number of carbonyl (C=O) groups is 3. The van der Waals surface area contributed by atoms with Crippen LogP contribution in [-0.4, -0.2) is 74.3 Å². The van der Waals surface area contributed by atoms with Gasteiger partial charge in [-0.1, -0.05) is 18.2 Å². The number of rotatable bonds is 7. The van der Waals surface area contributed by atoms with Crippen molar-refractivity contribution < 1.29 is 46.7 Å². The van der Waals surface area contributed by atoms with Crippen molar-refractivity contribution in [1.82, 2.24) is 5.06 Å². The van der Waals surface area contributed by atoms with E-state index in [0.717, 1.165) is 0 Å². The largest absolute Gasteiger partial charge is 0.444 e. The monoisotopic (exact) mass is 535 g/mol. The number of amides is 2. The predicted molar refractivity (Wildman–Crippen MR) is 125 cm³/mol. The van der Waals surface area contributed by atoms with Crippen LogP contribution >= 0.6 is 0 Å². The fourth-order valence-corrected chi connectivity index (χ4v) is 3.99. The fraction of sp³-hybridized carbons (Fsp3) is 0.360. The molecule has 2 fully saturated rings. The van der Waals surface area contributed by atoms with Crippen LogP contribution in [0, 0.1) is 5.82 Å². The minimum Gasteiger partial charge on any atom is -0.444 e. The molecule has 2 aliphatic heterocycles. The lowest BCUT2D eigenvalue weighted by Crippen LogP contribution is -2.34. The number of cyclic esters (lactones) is 1. The summed E-state index contributed by atoms with van der Waals surface area (Å²) in [6.45, 7) is 1.12. The Labute approximate surface area is 215 Å². The Bertz CT molecular complexity index is 1180. The van der Waals surface area contributed by atoms with Gasteiger partial charge in [0.05, 0.1) is 31.1 Å². The molecule has 0 spiro atoms. The van der Waals surface area contributed by atoms with E-state index >= 15 is 4.39 Å². The van der Waals surface area contributed by atoms with Crippen LogP contribution in [0.3, 0.4) is 0 Å². The molecule has 2 heterocycles. The number of ether oxygens (including phenoxy) is 1. The molecule has 1 atom stereocenters. The van der Waals surface area contributed by atoms with E-state index in [1.807, 2.05) is 6.07 Å². The lowest BCUT2D eigenvalue weighted by Gasteiger charge is -2.24. The summed E-state index contributed by atoms with van der Waals surface area (Å²) < 4.78 is 44.9. The molecule has 0 bridgehead atoms. The van der Waals surface area contributed by atoms with Crippen molar-refractivity contribution in [2.45, 2.75) is 25.4 Å². The first-order valence-electron chi connectivity index (χ1n) is 11.6. The third kappa shape index (κ3) is 7.17. The minimum atomic E-state index is -3.06. The number of benzene rings is 2. The molecule has 0 radical (unpaired) electrons. The number of carbonyl (C=O) groups excluding carboxylic acids is 5. The highest BCUT2D eigenvalue weighted by Crippen LogP contribution is 2.29. The molecular formula is C25H24F3N3O7. The molecular weight excluding hydrogens is 511 g/mol. The van der Waals surface area contributed by atoms with Gasteiger partial charge in [-0.25, -0.2) is 23.0 Å². The van der Waals surface area contributed by atoms with Crippen molar-refractivity contribution in [1.29, 1.82) is 0 Å². The van der Waals surface area contributed by atoms with Gasteiger partial charge in [-0.2, -0.15) is 9.59 Å². The Balaban J connectivity index is 0.00000127. The van der Waals surface area contributed by atoms with E-state index in [9.17, 15) is 23.2 Å². The van der Waals surface area contributed by atoms with E-state index in [4.69, 9.17) is 19.2 Å². The topological polar surface area (TPSA) is 114 Å². The average molecular weight is 535 g/mol. The molecule has 0 aromatic heterocycles. The summed E-state index contributed by atoms with van der Waals surface area (Å²) in [6, 6.07) is 13.0. The Morgan fingerprint density at radius 1 is 1.05 bits per heavy atom. The smallest absolute Gasteiger partial charge is 0.414 e. The second kappa shape index (κ2) is 13.4. The van der Waals surface area contributed by atoms with Crippen molar-refractivity contribution in [3.8, 4) is 0 Å². The maximum absolute atomic E-state index is 15.0. The number of hydrogen-bond acceptors (Lipinski definition) is 8. The van der Waals surface area contributed by atoms with Crippen molar-refractivity contribution >= 4 is 35.3 Å².